The molecule has 0 bridgehead atoms. The van der Waals surface area contributed by atoms with E-state index in [1.54, 1.807) is 39.0 Å². The number of rotatable bonds is 5. The summed E-state index contributed by atoms with van der Waals surface area (Å²) >= 11 is 0. The van der Waals surface area contributed by atoms with E-state index in [1.807, 2.05) is 6.92 Å². The second-order valence-electron chi connectivity index (χ2n) is 6.07. The molecule has 22 heavy (non-hydrogen) atoms. The summed E-state index contributed by atoms with van der Waals surface area (Å²) < 4.78 is 5.17. The van der Waals surface area contributed by atoms with Gasteiger partial charge in [0.2, 0.25) is 5.91 Å². The zero-order valence-electron chi connectivity index (χ0n) is 13.7. The zero-order valence-corrected chi connectivity index (χ0v) is 13.7. The predicted molar refractivity (Wildman–Crippen MR) is 87.5 cm³/mol. The quantitative estimate of drug-likeness (QED) is 0.729. The van der Waals surface area contributed by atoms with Crippen LogP contribution >= 0.6 is 0 Å². The number of nitrogens with one attached hydrogen (secondary N) is 2. The molecule has 0 radical (unpaired) electrons. The first-order valence-corrected chi connectivity index (χ1v) is 7.36. The number of amides is 2. The van der Waals surface area contributed by atoms with Crippen LogP contribution in [0.1, 0.15) is 46.1 Å². The van der Waals surface area contributed by atoms with E-state index in [9.17, 15) is 9.59 Å². The molecule has 0 spiro atoms. The molecule has 0 unspecified atom stereocenters. The molecule has 0 saturated carbocycles. The van der Waals surface area contributed by atoms with Crippen LogP contribution < -0.4 is 16.4 Å². The molecule has 6 heteroatoms. The van der Waals surface area contributed by atoms with Crippen LogP contribution in [0.25, 0.3) is 0 Å². The third-order valence-corrected chi connectivity index (χ3v) is 2.74. The van der Waals surface area contributed by atoms with Gasteiger partial charge in [0.1, 0.15) is 5.60 Å². The summed E-state index contributed by atoms with van der Waals surface area (Å²) in [5, 5.41) is 5.42. The van der Waals surface area contributed by atoms with Crippen LogP contribution in [0.5, 0.6) is 0 Å². The fraction of sp³-hybridized carbons (Fsp3) is 0.500. The number of ether oxygens (including phenoxy) is 1. The highest BCUT2D eigenvalue weighted by Gasteiger charge is 2.16. The fourth-order valence-corrected chi connectivity index (χ4v) is 1.76. The van der Waals surface area contributed by atoms with Crippen molar-refractivity contribution in [2.45, 2.75) is 52.7 Å². The fourth-order valence-electron chi connectivity index (χ4n) is 1.76. The summed E-state index contributed by atoms with van der Waals surface area (Å²) in [5.41, 5.74) is 7.25. The number of hydrogen-bond donors (Lipinski definition) is 3. The highest BCUT2D eigenvalue weighted by molar-refractivity contribution is 5.85. The maximum Gasteiger partial charge on any atom is 0.412 e. The molecular weight excluding hydrogens is 282 g/mol. The lowest BCUT2D eigenvalue weighted by molar-refractivity contribution is -0.121. The molecule has 0 aliphatic rings. The molecule has 0 atom stereocenters. The summed E-state index contributed by atoms with van der Waals surface area (Å²) in [4.78, 5) is 23.1. The number of nitrogen functional groups attached to an aromatic ring is 1. The third-order valence-electron chi connectivity index (χ3n) is 2.74. The van der Waals surface area contributed by atoms with E-state index in [1.165, 1.54) is 0 Å². The first-order valence-electron chi connectivity index (χ1n) is 7.36. The SMILES string of the molecule is CCCC(=O)NCc1ccc(NC(=O)OC(C)(C)C)cc1N. The van der Waals surface area contributed by atoms with E-state index >= 15 is 0 Å². The van der Waals surface area contributed by atoms with Gasteiger partial charge in [-0.05, 0) is 44.9 Å². The van der Waals surface area contributed by atoms with Crippen molar-refractivity contribution < 1.29 is 14.3 Å². The van der Waals surface area contributed by atoms with Crippen LogP contribution in [0.3, 0.4) is 0 Å². The van der Waals surface area contributed by atoms with Gasteiger partial charge < -0.3 is 15.8 Å². The average molecular weight is 307 g/mol. The number of nitrogens with two attached hydrogens (primary N) is 1. The lowest BCUT2D eigenvalue weighted by atomic mass is 10.1. The maximum absolute atomic E-state index is 11.7. The molecule has 122 valence electrons. The Morgan fingerprint density at radius 2 is 1.95 bits per heavy atom. The number of carbonyl (C=O) groups excluding carboxylic acids is 2. The average Bonchev–Trinajstić information content (AvgIpc) is 2.35. The van der Waals surface area contributed by atoms with Crippen LogP contribution in [-0.4, -0.2) is 17.6 Å². The molecule has 0 aliphatic carbocycles. The lowest BCUT2D eigenvalue weighted by Crippen LogP contribution is -2.27. The Bertz CT molecular complexity index is 536. The Hall–Kier alpha value is -2.24. The van der Waals surface area contributed by atoms with Crippen molar-refractivity contribution in [3.8, 4) is 0 Å². The minimum absolute atomic E-state index is 0.00198. The van der Waals surface area contributed by atoms with Crippen molar-refractivity contribution in [3.63, 3.8) is 0 Å². The van der Waals surface area contributed by atoms with Crippen LogP contribution in [0.4, 0.5) is 16.2 Å². The van der Waals surface area contributed by atoms with Crippen molar-refractivity contribution in [3.05, 3.63) is 23.8 Å². The number of hydrogen-bond acceptors (Lipinski definition) is 4. The second-order valence-corrected chi connectivity index (χ2v) is 6.07. The van der Waals surface area contributed by atoms with Gasteiger partial charge in [-0.25, -0.2) is 4.79 Å². The van der Waals surface area contributed by atoms with Crippen molar-refractivity contribution in [1.29, 1.82) is 0 Å². The summed E-state index contributed by atoms with van der Waals surface area (Å²) in [7, 11) is 0. The number of carbonyl (C=O) groups is 2. The van der Waals surface area contributed by atoms with Gasteiger partial charge in [-0.1, -0.05) is 13.0 Å². The van der Waals surface area contributed by atoms with E-state index in [-0.39, 0.29) is 5.91 Å². The van der Waals surface area contributed by atoms with Gasteiger partial charge in [0.15, 0.2) is 0 Å². The number of benzene rings is 1. The Morgan fingerprint density at radius 3 is 2.50 bits per heavy atom. The van der Waals surface area contributed by atoms with Gasteiger partial charge in [-0.15, -0.1) is 0 Å². The van der Waals surface area contributed by atoms with Crippen LogP contribution in [0.2, 0.25) is 0 Å². The van der Waals surface area contributed by atoms with Gasteiger partial charge in [0, 0.05) is 24.3 Å². The normalized spacial score (nSPS) is 10.9. The van der Waals surface area contributed by atoms with E-state index in [0.29, 0.717) is 24.3 Å². The van der Waals surface area contributed by atoms with Gasteiger partial charge in [-0.2, -0.15) is 0 Å². The topological polar surface area (TPSA) is 93.5 Å². The number of anilines is 2. The maximum atomic E-state index is 11.7. The minimum Gasteiger partial charge on any atom is -0.444 e. The molecule has 4 N–H and O–H groups in total. The van der Waals surface area contributed by atoms with Crippen molar-refractivity contribution in [2.75, 3.05) is 11.1 Å². The van der Waals surface area contributed by atoms with Crippen molar-refractivity contribution >= 4 is 23.4 Å². The van der Waals surface area contributed by atoms with Crippen LogP contribution in [0, 0.1) is 0 Å². The molecular formula is C16H25N3O3. The Balaban J connectivity index is 2.62. The standard InChI is InChI=1S/C16H25N3O3/c1-5-6-14(20)18-10-11-7-8-12(9-13(11)17)19-15(21)22-16(2,3)4/h7-9H,5-6,10,17H2,1-4H3,(H,18,20)(H,19,21). The van der Waals surface area contributed by atoms with E-state index in [0.717, 1.165) is 12.0 Å². The molecule has 1 aromatic carbocycles. The molecule has 0 heterocycles. The largest absolute Gasteiger partial charge is 0.444 e. The summed E-state index contributed by atoms with van der Waals surface area (Å²) in [6, 6.07) is 5.14. The Labute approximate surface area is 131 Å². The molecule has 1 aromatic rings. The highest BCUT2D eigenvalue weighted by Crippen LogP contribution is 2.19. The molecule has 0 aliphatic heterocycles. The second kappa shape index (κ2) is 7.68. The molecule has 2 amide bonds. The predicted octanol–water partition coefficient (Wildman–Crippen LogP) is 3.03. The molecule has 0 aromatic heterocycles. The Morgan fingerprint density at radius 1 is 1.27 bits per heavy atom. The Kier molecular flexibility index (Phi) is 6.22. The minimum atomic E-state index is -0.556. The molecule has 1 rings (SSSR count). The zero-order chi connectivity index (χ0) is 16.8. The van der Waals surface area contributed by atoms with Gasteiger partial charge in [-0.3, -0.25) is 10.1 Å². The third kappa shape index (κ3) is 6.47. The highest BCUT2D eigenvalue weighted by atomic mass is 16.6. The summed E-state index contributed by atoms with van der Waals surface area (Å²) in [6.07, 6.45) is 0.772. The van der Waals surface area contributed by atoms with Gasteiger partial charge in [0.25, 0.3) is 0 Å². The molecule has 0 saturated heterocycles. The van der Waals surface area contributed by atoms with Crippen LogP contribution in [0.15, 0.2) is 18.2 Å². The van der Waals surface area contributed by atoms with E-state index in [4.69, 9.17) is 10.5 Å². The monoisotopic (exact) mass is 307 g/mol. The molecule has 6 nitrogen and oxygen atoms in total. The first kappa shape index (κ1) is 17.8. The first-order chi connectivity index (χ1) is 10.2. The van der Waals surface area contributed by atoms with Crippen molar-refractivity contribution in [2.24, 2.45) is 0 Å². The van der Waals surface area contributed by atoms with E-state index in [2.05, 4.69) is 10.6 Å². The van der Waals surface area contributed by atoms with Gasteiger partial charge in [0.05, 0.1) is 0 Å². The van der Waals surface area contributed by atoms with Crippen molar-refractivity contribution in [1.82, 2.24) is 5.32 Å². The summed E-state index contributed by atoms with van der Waals surface area (Å²) in [5.74, 6) is -0.00198. The van der Waals surface area contributed by atoms with Gasteiger partial charge >= 0.3 is 6.09 Å². The summed E-state index contributed by atoms with van der Waals surface area (Å²) in [6.45, 7) is 7.71. The smallest absolute Gasteiger partial charge is 0.412 e. The van der Waals surface area contributed by atoms with E-state index < -0.39 is 11.7 Å². The lowest BCUT2D eigenvalue weighted by Gasteiger charge is -2.20. The molecule has 0 fully saturated rings. The van der Waals surface area contributed by atoms with Crippen LogP contribution in [-0.2, 0) is 16.1 Å².